The standard InChI is InChI=1S/C16H18FN3O/c1-11(12-3-5-14(17)6-4-12)20-8-7-15-13(10-20)9-16(21-2)19-18-15/h3-6,9,11H,7-8,10H2,1-2H3/t11-/m1/s1. The second-order valence-corrected chi connectivity index (χ2v) is 5.31. The van der Waals surface area contributed by atoms with Crippen molar-refractivity contribution >= 4 is 0 Å². The SMILES string of the molecule is COc1cc2c(nn1)CCN([C@H](C)c1ccc(F)cc1)C2. The third-order valence-electron chi connectivity index (χ3n) is 4.06. The average Bonchev–Trinajstić information content (AvgIpc) is 2.53. The van der Waals surface area contributed by atoms with E-state index in [-0.39, 0.29) is 11.9 Å². The van der Waals surface area contributed by atoms with Crippen molar-refractivity contribution in [3.8, 4) is 5.88 Å². The molecule has 4 nitrogen and oxygen atoms in total. The van der Waals surface area contributed by atoms with E-state index in [1.54, 1.807) is 7.11 Å². The first kappa shape index (κ1) is 13.9. The van der Waals surface area contributed by atoms with E-state index in [4.69, 9.17) is 4.74 Å². The highest BCUT2D eigenvalue weighted by Crippen LogP contribution is 2.27. The van der Waals surface area contributed by atoms with Crippen molar-refractivity contribution in [2.45, 2.75) is 25.9 Å². The highest BCUT2D eigenvalue weighted by molar-refractivity contribution is 5.27. The topological polar surface area (TPSA) is 38.3 Å². The van der Waals surface area contributed by atoms with Crippen molar-refractivity contribution in [3.63, 3.8) is 0 Å². The minimum absolute atomic E-state index is 0.199. The largest absolute Gasteiger partial charge is 0.480 e. The smallest absolute Gasteiger partial charge is 0.233 e. The number of hydrogen-bond acceptors (Lipinski definition) is 4. The van der Waals surface area contributed by atoms with Crippen LogP contribution in [-0.4, -0.2) is 28.8 Å². The predicted molar refractivity (Wildman–Crippen MR) is 77.5 cm³/mol. The van der Waals surface area contributed by atoms with Gasteiger partial charge in [-0.2, -0.15) is 5.10 Å². The maximum absolute atomic E-state index is 13.0. The fourth-order valence-corrected chi connectivity index (χ4v) is 2.71. The molecule has 0 radical (unpaired) electrons. The molecule has 1 aromatic heterocycles. The monoisotopic (exact) mass is 287 g/mol. The molecule has 0 fully saturated rings. The summed E-state index contributed by atoms with van der Waals surface area (Å²) in [4.78, 5) is 2.36. The number of halogens is 1. The lowest BCUT2D eigenvalue weighted by Gasteiger charge is -2.33. The fraction of sp³-hybridized carbons (Fsp3) is 0.375. The van der Waals surface area contributed by atoms with Gasteiger partial charge in [0.2, 0.25) is 5.88 Å². The highest BCUT2D eigenvalue weighted by atomic mass is 19.1. The lowest BCUT2D eigenvalue weighted by Crippen LogP contribution is -2.33. The maximum atomic E-state index is 13.0. The van der Waals surface area contributed by atoms with Crippen LogP contribution in [-0.2, 0) is 13.0 Å². The van der Waals surface area contributed by atoms with Crippen LogP contribution in [0.2, 0.25) is 0 Å². The van der Waals surface area contributed by atoms with E-state index in [1.807, 2.05) is 18.2 Å². The number of ether oxygens (including phenoxy) is 1. The minimum atomic E-state index is -0.199. The lowest BCUT2D eigenvalue weighted by molar-refractivity contribution is 0.189. The Morgan fingerprint density at radius 2 is 2.00 bits per heavy atom. The summed E-state index contributed by atoms with van der Waals surface area (Å²) in [5.41, 5.74) is 3.31. The van der Waals surface area contributed by atoms with Gasteiger partial charge in [-0.15, -0.1) is 5.10 Å². The molecule has 0 N–H and O–H groups in total. The van der Waals surface area contributed by atoms with E-state index in [0.717, 1.165) is 36.3 Å². The molecule has 0 bridgehead atoms. The molecular formula is C16H18FN3O. The van der Waals surface area contributed by atoms with E-state index < -0.39 is 0 Å². The van der Waals surface area contributed by atoms with Crippen LogP contribution in [0.15, 0.2) is 30.3 Å². The summed E-state index contributed by atoms with van der Waals surface area (Å²) in [6, 6.07) is 8.90. The van der Waals surface area contributed by atoms with E-state index in [2.05, 4.69) is 22.0 Å². The van der Waals surface area contributed by atoms with Crippen LogP contribution in [0.3, 0.4) is 0 Å². The second-order valence-electron chi connectivity index (χ2n) is 5.31. The van der Waals surface area contributed by atoms with Crippen LogP contribution in [0.5, 0.6) is 5.88 Å². The van der Waals surface area contributed by atoms with Crippen LogP contribution >= 0.6 is 0 Å². The molecule has 0 saturated heterocycles. The van der Waals surface area contributed by atoms with Crippen molar-refractivity contribution in [3.05, 3.63) is 53.0 Å². The molecular weight excluding hydrogens is 269 g/mol. The molecule has 0 aliphatic carbocycles. The van der Waals surface area contributed by atoms with E-state index in [9.17, 15) is 4.39 Å². The molecule has 21 heavy (non-hydrogen) atoms. The van der Waals surface area contributed by atoms with Gasteiger partial charge in [-0.25, -0.2) is 4.39 Å². The summed E-state index contributed by atoms with van der Waals surface area (Å²) in [5.74, 6) is 0.347. The molecule has 1 aliphatic heterocycles. The second kappa shape index (κ2) is 5.77. The Balaban J connectivity index is 1.80. The number of methoxy groups -OCH3 is 1. The molecule has 2 heterocycles. The van der Waals surface area contributed by atoms with E-state index >= 15 is 0 Å². The van der Waals surface area contributed by atoms with Gasteiger partial charge < -0.3 is 4.74 Å². The Morgan fingerprint density at radius 1 is 1.24 bits per heavy atom. The van der Waals surface area contributed by atoms with Gasteiger partial charge in [-0.05, 0) is 30.2 Å². The summed E-state index contributed by atoms with van der Waals surface area (Å²) in [5, 5.41) is 8.23. The van der Waals surface area contributed by atoms with Crippen molar-refractivity contribution in [2.75, 3.05) is 13.7 Å². The Bertz CT molecular complexity index is 630. The van der Waals surface area contributed by atoms with Crippen LogP contribution in [0.25, 0.3) is 0 Å². The third kappa shape index (κ3) is 2.88. The molecule has 0 spiro atoms. The molecule has 0 saturated carbocycles. The summed E-state index contributed by atoms with van der Waals surface area (Å²) in [6.07, 6.45) is 0.873. The Morgan fingerprint density at radius 3 is 2.71 bits per heavy atom. The molecule has 3 rings (SSSR count). The molecule has 0 unspecified atom stereocenters. The van der Waals surface area contributed by atoms with Gasteiger partial charge in [0.05, 0.1) is 12.8 Å². The summed E-state index contributed by atoms with van der Waals surface area (Å²) in [6.45, 7) is 3.87. The normalized spacial score (nSPS) is 16.3. The number of fused-ring (bicyclic) bond motifs is 1. The van der Waals surface area contributed by atoms with Crippen LogP contribution in [0.1, 0.15) is 29.8 Å². The van der Waals surface area contributed by atoms with Gasteiger partial charge in [0.1, 0.15) is 5.82 Å². The number of benzene rings is 1. The molecule has 0 amide bonds. The van der Waals surface area contributed by atoms with Crippen molar-refractivity contribution in [1.82, 2.24) is 15.1 Å². The van der Waals surface area contributed by atoms with Gasteiger partial charge in [0.25, 0.3) is 0 Å². The van der Waals surface area contributed by atoms with Gasteiger partial charge >= 0.3 is 0 Å². The molecule has 1 aromatic carbocycles. The average molecular weight is 287 g/mol. The first-order valence-electron chi connectivity index (χ1n) is 7.06. The fourth-order valence-electron chi connectivity index (χ4n) is 2.71. The summed E-state index contributed by atoms with van der Waals surface area (Å²) in [7, 11) is 1.60. The molecule has 1 aliphatic rings. The lowest BCUT2D eigenvalue weighted by atomic mass is 10.0. The zero-order chi connectivity index (χ0) is 14.8. The van der Waals surface area contributed by atoms with Crippen LogP contribution in [0, 0.1) is 5.82 Å². The van der Waals surface area contributed by atoms with E-state index in [1.165, 1.54) is 12.1 Å². The van der Waals surface area contributed by atoms with Gasteiger partial charge in [0, 0.05) is 31.6 Å². The zero-order valence-corrected chi connectivity index (χ0v) is 12.2. The molecule has 5 heteroatoms. The minimum Gasteiger partial charge on any atom is -0.480 e. The Labute approximate surface area is 123 Å². The predicted octanol–water partition coefficient (Wildman–Crippen LogP) is 2.74. The summed E-state index contributed by atoms with van der Waals surface area (Å²) < 4.78 is 18.2. The molecule has 1 atom stereocenters. The van der Waals surface area contributed by atoms with Crippen LogP contribution in [0.4, 0.5) is 4.39 Å². The first-order valence-corrected chi connectivity index (χ1v) is 7.06. The third-order valence-corrected chi connectivity index (χ3v) is 4.06. The first-order chi connectivity index (χ1) is 10.2. The number of rotatable bonds is 3. The molecule has 2 aromatic rings. The molecule has 110 valence electrons. The highest BCUT2D eigenvalue weighted by Gasteiger charge is 2.23. The van der Waals surface area contributed by atoms with Crippen molar-refractivity contribution in [2.24, 2.45) is 0 Å². The van der Waals surface area contributed by atoms with Gasteiger partial charge in [-0.3, -0.25) is 4.90 Å². The van der Waals surface area contributed by atoms with Crippen LogP contribution < -0.4 is 4.74 Å². The maximum Gasteiger partial charge on any atom is 0.233 e. The number of aromatic nitrogens is 2. The van der Waals surface area contributed by atoms with Crippen molar-refractivity contribution in [1.29, 1.82) is 0 Å². The van der Waals surface area contributed by atoms with Crippen molar-refractivity contribution < 1.29 is 9.13 Å². The van der Waals surface area contributed by atoms with Gasteiger partial charge in [-0.1, -0.05) is 12.1 Å². The number of hydrogen-bond donors (Lipinski definition) is 0. The number of nitrogens with zero attached hydrogens (tertiary/aromatic N) is 3. The quantitative estimate of drug-likeness (QED) is 0.870. The zero-order valence-electron chi connectivity index (χ0n) is 12.2. The Hall–Kier alpha value is -2.01. The Kier molecular flexibility index (Phi) is 3.84. The van der Waals surface area contributed by atoms with Gasteiger partial charge in [0.15, 0.2) is 0 Å². The van der Waals surface area contributed by atoms with E-state index in [0.29, 0.717) is 5.88 Å². The summed E-state index contributed by atoms with van der Waals surface area (Å²) >= 11 is 0.